The zero-order valence-corrected chi connectivity index (χ0v) is 16.8. The van der Waals surface area contributed by atoms with Gasteiger partial charge in [-0.05, 0) is 42.3 Å². The Balaban J connectivity index is 0.00000243. The molecule has 1 N–H and O–H groups in total. The standard InChI is InChI=1S/C22H19NO2.Ir/c1-16(24)14-20(25)12-7-11-19-15-18-10-5-6-13-21(18)22(23-19)17-8-3-2-4-9-17;/h2-8,10,13-15,25H,11-12H2,1H3;/q-1;/b20-14-;. The third-order valence-electron chi connectivity index (χ3n) is 3.83. The minimum atomic E-state index is -0.156. The van der Waals surface area contributed by atoms with Crippen molar-refractivity contribution in [2.45, 2.75) is 19.8 Å². The van der Waals surface area contributed by atoms with Crippen molar-refractivity contribution in [2.24, 2.45) is 0 Å². The zero-order chi connectivity index (χ0) is 17.6. The molecule has 3 aromatic rings. The quantitative estimate of drug-likeness (QED) is 0.286. The molecule has 4 heteroatoms. The number of aliphatic hydroxyl groups excluding tert-OH is 1. The minimum Gasteiger partial charge on any atom is -0.512 e. The zero-order valence-electron chi connectivity index (χ0n) is 14.4. The molecule has 0 spiro atoms. The number of carbonyl (C=O) groups excluding carboxylic acids is 1. The van der Waals surface area contributed by atoms with E-state index < -0.39 is 0 Å². The van der Waals surface area contributed by atoms with E-state index in [1.807, 2.05) is 42.8 Å². The fourth-order valence-corrected chi connectivity index (χ4v) is 2.77. The Labute approximate surface area is 167 Å². The number of hydrogen-bond donors (Lipinski definition) is 1. The van der Waals surface area contributed by atoms with Crippen LogP contribution in [0.4, 0.5) is 0 Å². The van der Waals surface area contributed by atoms with Gasteiger partial charge < -0.3 is 10.1 Å². The molecule has 0 atom stereocenters. The summed E-state index contributed by atoms with van der Waals surface area (Å²) in [6, 6.07) is 21.3. The van der Waals surface area contributed by atoms with Crippen molar-refractivity contribution in [3.63, 3.8) is 0 Å². The number of ketones is 1. The van der Waals surface area contributed by atoms with E-state index in [1.165, 1.54) is 13.0 Å². The molecule has 0 saturated carbocycles. The minimum absolute atomic E-state index is 0. The van der Waals surface area contributed by atoms with E-state index in [0.717, 1.165) is 27.7 Å². The largest absolute Gasteiger partial charge is 0.512 e. The van der Waals surface area contributed by atoms with Crippen LogP contribution < -0.4 is 0 Å². The van der Waals surface area contributed by atoms with Crippen LogP contribution in [0, 0.1) is 12.5 Å². The molecule has 1 aromatic heterocycles. The average molecular weight is 522 g/mol. The fraction of sp³-hybridized carbons (Fsp3) is 0.136. The molecule has 0 aliphatic carbocycles. The van der Waals surface area contributed by atoms with Crippen LogP contribution in [0.2, 0.25) is 0 Å². The van der Waals surface area contributed by atoms with E-state index in [2.05, 4.69) is 24.3 Å². The van der Waals surface area contributed by atoms with Gasteiger partial charge in [0.25, 0.3) is 0 Å². The fourth-order valence-electron chi connectivity index (χ4n) is 2.77. The Morgan fingerprint density at radius 3 is 2.69 bits per heavy atom. The number of carbonyl (C=O) groups is 1. The van der Waals surface area contributed by atoms with Gasteiger partial charge in [0.05, 0.1) is 5.76 Å². The molecular formula is C22H19IrNO2-. The van der Waals surface area contributed by atoms with Gasteiger partial charge in [-0.15, -0.1) is 35.9 Å². The van der Waals surface area contributed by atoms with Crippen LogP contribution in [0.3, 0.4) is 0 Å². The van der Waals surface area contributed by atoms with Gasteiger partial charge in [0.2, 0.25) is 0 Å². The summed E-state index contributed by atoms with van der Waals surface area (Å²) in [6.07, 6.45) is 4.13. The normalized spacial score (nSPS) is 11.2. The van der Waals surface area contributed by atoms with Crippen LogP contribution in [0.1, 0.15) is 19.0 Å². The van der Waals surface area contributed by atoms with E-state index >= 15 is 0 Å². The smallest absolute Gasteiger partial charge is 0.155 e. The molecule has 2 aromatic carbocycles. The van der Waals surface area contributed by atoms with Crippen molar-refractivity contribution in [3.8, 4) is 11.3 Å². The number of aliphatic hydroxyl groups is 1. The molecule has 3 nitrogen and oxygen atoms in total. The van der Waals surface area contributed by atoms with Crippen LogP contribution in [0.25, 0.3) is 22.0 Å². The number of nitrogens with zero attached hydrogens (tertiary/aromatic N) is 1. The second-order valence-corrected chi connectivity index (χ2v) is 5.90. The third-order valence-corrected chi connectivity index (χ3v) is 3.83. The Bertz CT molecular complexity index is 920. The molecule has 0 amide bonds. The topological polar surface area (TPSA) is 50.2 Å². The van der Waals surface area contributed by atoms with Gasteiger partial charge in [-0.3, -0.25) is 4.79 Å². The summed E-state index contributed by atoms with van der Waals surface area (Å²) in [4.78, 5) is 15.8. The predicted octanol–water partition coefficient (Wildman–Crippen LogP) is 4.87. The third kappa shape index (κ3) is 5.10. The molecule has 0 fully saturated rings. The monoisotopic (exact) mass is 522 g/mol. The predicted molar refractivity (Wildman–Crippen MR) is 100 cm³/mol. The summed E-state index contributed by atoms with van der Waals surface area (Å²) in [5.74, 6) is -0.0819. The Morgan fingerprint density at radius 2 is 1.96 bits per heavy atom. The number of aromatic nitrogens is 1. The number of pyridine rings is 1. The molecule has 0 aliphatic rings. The molecule has 0 unspecified atom stereocenters. The van der Waals surface area contributed by atoms with Crippen LogP contribution in [-0.4, -0.2) is 15.9 Å². The van der Waals surface area contributed by atoms with Crippen LogP contribution in [0.15, 0.2) is 66.4 Å². The molecular weight excluding hydrogens is 502 g/mol. The Kier molecular flexibility index (Phi) is 7.25. The van der Waals surface area contributed by atoms with Crippen molar-refractivity contribution in [2.75, 3.05) is 0 Å². The summed E-state index contributed by atoms with van der Waals surface area (Å²) >= 11 is 0. The first-order valence-corrected chi connectivity index (χ1v) is 8.21. The molecule has 26 heavy (non-hydrogen) atoms. The van der Waals surface area contributed by atoms with Crippen LogP contribution >= 0.6 is 0 Å². The maximum Gasteiger partial charge on any atom is 0.155 e. The van der Waals surface area contributed by atoms with Crippen molar-refractivity contribution >= 4 is 16.6 Å². The van der Waals surface area contributed by atoms with Gasteiger partial charge in [0, 0.05) is 38.3 Å². The first-order chi connectivity index (χ1) is 12.1. The first-order valence-electron chi connectivity index (χ1n) is 8.21. The van der Waals surface area contributed by atoms with Crippen molar-refractivity contribution in [1.29, 1.82) is 0 Å². The van der Waals surface area contributed by atoms with Crippen LogP contribution in [0.5, 0.6) is 0 Å². The maximum atomic E-state index is 11.0. The van der Waals surface area contributed by atoms with E-state index in [0.29, 0.717) is 12.8 Å². The second-order valence-electron chi connectivity index (χ2n) is 5.90. The van der Waals surface area contributed by atoms with Gasteiger partial charge in [-0.25, -0.2) is 0 Å². The van der Waals surface area contributed by atoms with Crippen LogP contribution in [-0.2, 0) is 31.3 Å². The van der Waals surface area contributed by atoms with Crippen molar-refractivity contribution < 1.29 is 30.0 Å². The average Bonchev–Trinajstić information content (AvgIpc) is 2.61. The Hall–Kier alpha value is -2.29. The SMILES string of the molecule is CC(=O)/C=C(\O)C[CH]Cc1cc2ccccc2c(-c2[c-]cccc2)n1.[Ir]. The summed E-state index contributed by atoms with van der Waals surface area (Å²) in [5.41, 5.74) is 2.78. The molecule has 3 rings (SSSR count). The molecule has 0 saturated heterocycles. The van der Waals surface area contributed by atoms with E-state index in [-0.39, 0.29) is 31.6 Å². The number of hydrogen-bond acceptors (Lipinski definition) is 3. The Morgan fingerprint density at radius 1 is 1.19 bits per heavy atom. The summed E-state index contributed by atoms with van der Waals surface area (Å²) in [7, 11) is 0. The number of fused-ring (bicyclic) bond motifs is 1. The first kappa shape index (κ1) is 20.0. The summed E-state index contributed by atoms with van der Waals surface area (Å²) in [5, 5.41) is 11.9. The molecule has 0 aliphatic heterocycles. The number of rotatable bonds is 6. The molecule has 0 bridgehead atoms. The van der Waals surface area contributed by atoms with E-state index in [9.17, 15) is 9.90 Å². The number of allylic oxidation sites excluding steroid dienone is 2. The maximum absolute atomic E-state index is 11.0. The molecule has 2 radical (unpaired) electrons. The van der Waals surface area contributed by atoms with Gasteiger partial charge in [-0.1, -0.05) is 24.3 Å². The van der Waals surface area contributed by atoms with Crippen molar-refractivity contribution in [1.82, 2.24) is 4.98 Å². The van der Waals surface area contributed by atoms with E-state index in [1.54, 1.807) is 0 Å². The summed E-state index contributed by atoms with van der Waals surface area (Å²) < 4.78 is 0. The van der Waals surface area contributed by atoms with Gasteiger partial charge >= 0.3 is 0 Å². The number of benzene rings is 2. The second kappa shape index (κ2) is 9.42. The molecule has 1 heterocycles. The van der Waals surface area contributed by atoms with Gasteiger partial charge in [0.1, 0.15) is 0 Å². The summed E-state index contributed by atoms with van der Waals surface area (Å²) in [6.45, 7) is 1.42. The van der Waals surface area contributed by atoms with Gasteiger partial charge in [0.15, 0.2) is 5.78 Å². The van der Waals surface area contributed by atoms with Crippen molar-refractivity contribution in [3.05, 3.63) is 84.6 Å². The molecule has 134 valence electrons. The van der Waals surface area contributed by atoms with Gasteiger partial charge in [-0.2, -0.15) is 0 Å². The van der Waals surface area contributed by atoms with E-state index in [4.69, 9.17) is 4.98 Å².